The van der Waals surface area contributed by atoms with E-state index in [0.717, 1.165) is 26.5 Å². The number of fused-ring (bicyclic) bond motifs is 1. The molecule has 0 bridgehead atoms. The van der Waals surface area contributed by atoms with Crippen LogP contribution < -0.4 is 0 Å². The third-order valence-electron chi connectivity index (χ3n) is 3.77. The minimum Gasteiger partial charge on any atom is -0.345 e. The summed E-state index contributed by atoms with van der Waals surface area (Å²) in [6.45, 7) is 1.93. The van der Waals surface area contributed by atoms with Crippen molar-refractivity contribution in [2.45, 2.75) is 23.3 Å². The Morgan fingerprint density at radius 1 is 1.13 bits per heavy atom. The van der Waals surface area contributed by atoms with Crippen molar-refractivity contribution < 1.29 is 8.42 Å². The van der Waals surface area contributed by atoms with Gasteiger partial charge in [-0.15, -0.1) is 0 Å². The van der Waals surface area contributed by atoms with Crippen molar-refractivity contribution in [3.05, 3.63) is 58.6 Å². The van der Waals surface area contributed by atoms with Gasteiger partial charge in [-0.3, -0.25) is 0 Å². The maximum Gasteiger partial charge on any atom is 0.222 e. The highest BCUT2D eigenvalue weighted by atomic mass is 127. The molecule has 0 fully saturated rings. The number of alkyl halides is 1. The Morgan fingerprint density at radius 2 is 1.83 bits per heavy atom. The smallest absolute Gasteiger partial charge is 0.222 e. The van der Waals surface area contributed by atoms with Crippen LogP contribution in [0.3, 0.4) is 0 Å². The molecule has 0 unspecified atom stereocenters. The van der Waals surface area contributed by atoms with Crippen LogP contribution in [0, 0.1) is 6.92 Å². The van der Waals surface area contributed by atoms with Crippen LogP contribution in [-0.2, 0) is 16.3 Å². The van der Waals surface area contributed by atoms with Gasteiger partial charge in [0.25, 0.3) is 0 Å². The summed E-state index contributed by atoms with van der Waals surface area (Å²) in [5, 5.41) is 1.75. The molecule has 0 atom stereocenters. The number of aromatic amines is 1. The normalized spacial score (nSPS) is 12.0. The summed E-state index contributed by atoms with van der Waals surface area (Å²) in [7, 11) is -3.59. The van der Waals surface area contributed by atoms with Crippen LogP contribution in [0.4, 0.5) is 0 Å². The number of aromatic nitrogens is 1. The average molecular weight is 460 g/mol. The highest BCUT2D eigenvalue weighted by Gasteiger charge is 2.25. The second kappa shape index (κ2) is 6.45. The standard InChI is InChI=1S/C17H15ClINO2S/c1-11-2-5-13(6-3-11)23(21,22)17-14(8-9-19)15-10-12(18)4-7-16(15)20-17/h2-7,10,20H,8-9H2,1H3. The monoisotopic (exact) mass is 459 g/mol. The first kappa shape index (κ1) is 16.8. The average Bonchev–Trinajstić information content (AvgIpc) is 2.87. The molecule has 0 aliphatic heterocycles. The first-order valence-corrected chi connectivity index (χ1v) is 10.5. The molecule has 1 heterocycles. The van der Waals surface area contributed by atoms with E-state index >= 15 is 0 Å². The van der Waals surface area contributed by atoms with Gasteiger partial charge >= 0.3 is 0 Å². The number of benzene rings is 2. The molecule has 6 heteroatoms. The molecule has 0 radical (unpaired) electrons. The molecule has 1 N–H and O–H groups in total. The van der Waals surface area contributed by atoms with Crippen LogP contribution in [0.25, 0.3) is 10.9 Å². The van der Waals surface area contributed by atoms with E-state index < -0.39 is 9.84 Å². The maximum atomic E-state index is 13.0. The number of sulfone groups is 1. The van der Waals surface area contributed by atoms with Crippen LogP contribution in [0.1, 0.15) is 11.1 Å². The summed E-state index contributed by atoms with van der Waals surface area (Å²) < 4.78 is 26.9. The molecule has 0 aliphatic rings. The van der Waals surface area contributed by atoms with E-state index in [1.54, 1.807) is 18.2 Å². The van der Waals surface area contributed by atoms with Gasteiger partial charge < -0.3 is 4.98 Å². The van der Waals surface area contributed by atoms with Gasteiger partial charge in [-0.2, -0.15) is 0 Å². The van der Waals surface area contributed by atoms with E-state index in [1.807, 2.05) is 31.2 Å². The molecule has 2 aromatic carbocycles. The number of rotatable bonds is 4. The largest absolute Gasteiger partial charge is 0.345 e. The van der Waals surface area contributed by atoms with Crippen LogP contribution in [0.5, 0.6) is 0 Å². The SMILES string of the molecule is Cc1ccc(S(=O)(=O)c2[nH]c3ccc(Cl)cc3c2CCI)cc1. The third kappa shape index (κ3) is 3.14. The molecule has 0 amide bonds. The second-order valence-electron chi connectivity index (χ2n) is 5.38. The Kier molecular flexibility index (Phi) is 4.71. The summed E-state index contributed by atoms with van der Waals surface area (Å²) >= 11 is 8.34. The molecule has 3 rings (SSSR count). The van der Waals surface area contributed by atoms with Crippen LogP contribution in [-0.4, -0.2) is 17.8 Å². The predicted molar refractivity (Wildman–Crippen MR) is 103 cm³/mol. The zero-order valence-corrected chi connectivity index (χ0v) is 16.2. The molecule has 3 nitrogen and oxygen atoms in total. The minimum absolute atomic E-state index is 0.273. The number of halogens is 2. The molecular formula is C17H15ClINO2S. The molecule has 120 valence electrons. The van der Waals surface area contributed by atoms with Gasteiger partial charge in [-0.05, 0) is 49.2 Å². The van der Waals surface area contributed by atoms with Gasteiger partial charge in [0, 0.05) is 20.4 Å². The Morgan fingerprint density at radius 3 is 2.48 bits per heavy atom. The lowest BCUT2D eigenvalue weighted by molar-refractivity contribution is 0.592. The molecule has 0 saturated carbocycles. The number of H-pyrrole nitrogens is 1. The maximum absolute atomic E-state index is 13.0. The molecule has 1 aromatic heterocycles. The van der Waals surface area contributed by atoms with Gasteiger partial charge in [0.1, 0.15) is 5.03 Å². The first-order chi connectivity index (χ1) is 10.9. The van der Waals surface area contributed by atoms with E-state index in [4.69, 9.17) is 11.6 Å². The quantitative estimate of drug-likeness (QED) is 0.444. The molecule has 0 aliphatic carbocycles. The fourth-order valence-corrected chi connectivity index (χ4v) is 4.82. The van der Waals surface area contributed by atoms with E-state index in [0.29, 0.717) is 16.3 Å². The lowest BCUT2D eigenvalue weighted by atomic mass is 10.1. The summed E-state index contributed by atoms with van der Waals surface area (Å²) in [5.74, 6) is 0. The lowest BCUT2D eigenvalue weighted by Gasteiger charge is -2.06. The Labute approximate surface area is 154 Å². The molecule has 0 spiro atoms. The lowest BCUT2D eigenvalue weighted by Crippen LogP contribution is -2.06. The van der Waals surface area contributed by atoms with Gasteiger partial charge in [0.2, 0.25) is 9.84 Å². The highest BCUT2D eigenvalue weighted by molar-refractivity contribution is 14.1. The topological polar surface area (TPSA) is 49.9 Å². The summed E-state index contributed by atoms with van der Waals surface area (Å²) in [6, 6.07) is 12.3. The molecule has 0 saturated heterocycles. The summed E-state index contributed by atoms with van der Waals surface area (Å²) in [5.41, 5.74) is 2.62. The number of hydrogen-bond donors (Lipinski definition) is 1. The zero-order valence-electron chi connectivity index (χ0n) is 12.4. The molecule has 23 heavy (non-hydrogen) atoms. The van der Waals surface area contributed by atoms with Crippen molar-refractivity contribution in [1.29, 1.82) is 0 Å². The first-order valence-electron chi connectivity index (χ1n) is 7.11. The van der Waals surface area contributed by atoms with E-state index in [9.17, 15) is 8.42 Å². The minimum atomic E-state index is -3.59. The van der Waals surface area contributed by atoms with Gasteiger partial charge in [-0.1, -0.05) is 51.9 Å². The fraction of sp³-hybridized carbons (Fsp3) is 0.176. The van der Waals surface area contributed by atoms with Crippen molar-refractivity contribution in [3.8, 4) is 0 Å². The van der Waals surface area contributed by atoms with Crippen molar-refractivity contribution in [3.63, 3.8) is 0 Å². The summed E-state index contributed by atoms with van der Waals surface area (Å²) in [6.07, 6.45) is 0.668. The molecular weight excluding hydrogens is 445 g/mol. The van der Waals surface area contributed by atoms with Gasteiger partial charge in [0.15, 0.2) is 0 Å². The van der Waals surface area contributed by atoms with Crippen LogP contribution in [0.2, 0.25) is 5.02 Å². The number of hydrogen-bond acceptors (Lipinski definition) is 2. The van der Waals surface area contributed by atoms with Crippen molar-refractivity contribution in [1.82, 2.24) is 4.98 Å². The van der Waals surface area contributed by atoms with E-state index in [2.05, 4.69) is 27.6 Å². The van der Waals surface area contributed by atoms with E-state index in [-0.39, 0.29) is 5.03 Å². The van der Waals surface area contributed by atoms with Crippen LogP contribution >= 0.6 is 34.2 Å². The predicted octanol–water partition coefficient (Wildman–Crippen LogP) is 4.94. The van der Waals surface area contributed by atoms with Crippen molar-refractivity contribution in [2.75, 3.05) is 4.43 Å². The Hall–Kier alpha value is -1.05. The highest BCUT2D eigenvalue weighted by Crippen LogP contribution is 2.32. The van der Waals surface area contributed by atoms with Crippen molar-refractivity contribution >= 4 is 54.9 Å². The second-order valence-corrected chi connectivity index (χ2v) is 8.78. The van der Waals surface area contributed by atoms with Gasteiger partial charge in [-0.25, -0.2) is 8.42 Å². The Balaban J connectivity index is 2.25. The fourth-order valence-electron chi connectivity index (χ4n) is 2.60. The molecule has 3 aromatic rings. The van der Waals surface area contributed by atoms with Crippen molar-refractivity contribution in [2.24, 2.45) is 0 Å². The van der Waals surface area contributed by atoms with Crippen LogP contribution in [0.15, 0.2) is 52.4 Å². The number of aryl methyl sites for hydroxylation is 2. The zero-order chi connectivity index (χ0) is 16.6. The van der Waals surface area contributed by atoms with Gasteiger partial charge in [0.05, 0.1) is 4.90 Å². The Bertz CT molecular complexity index is 962. The number of nitrogens with one attached hydrogen (secondary N) is 1. The van der Waals surface area contributed by atoms with E-state index in [1.165, 1.54) is 0 Å². The summed E-state index contributed by atoms with van der Waals surface area (Å²) in [4.78, 5) is 3.38. The third-order valence-corrected chi connectivity index (χ3v) is 6.33.